The van der Waals surface area contributed by atoms with Crippen LogP contribution in [0.15, 0.2) is 23.8 Å². The minimum Gasteiger partial charge on any atom is -0.457 e. The van der Waals surface area contributed by atoms with Crippen LogP contribution in [0.1, 0.15) is 73.1 Å². The van der Waals surface area contributed by atoms with E-state index in [0.29, 0.717) is 19.3 Å². The second-order valence-corrected chi connectivity index (χ2v) is 12.3. The number of aliphatic hydroxyl groups excluding tert-OH is 1. The summed E-state index contributed by atoms with van der Waals surface area (Å²) >= 11 is 11.8. The number of alkyl halides is 3. The Morgan fingerprint density at radius 1 is 1.15 bits per heavy atom. The highest BCUT2D eigenvalue weighted by Gasteiger charge is 2.76. The van der Waals surface area contributed by atoms with Crippen LogP contribution >= 0.6 is 23.2 Å². The van der Waals surface area contributed by atoms with Crippen LogP contribution in [0, 0.1) is 28.6 Å². The molecule has 4 aliphatic rings. The first kappa shape index (κ1) is 31.8. The summed E-state index contributed by atoms with van der Waals surface area (Å²) in [5.74, 6) is -2.24. The largest absolute Gasteiger partial charge is 0.457 e. The molecule has 0 aliphatic heterocycles. The molecule has 10 heteroatoms. The van der Waals surface area contributed by atoms with E-state index in [9.17, 15) is 28.7 Å². The molecule has 3 saturated carbocycles. The molecule has 218 valence electrons. The van der Waals surface area contributed by atoms with Gasteiger partial charge in [0.15, 0.2) is 24.1 Å². The topological polar surface area (TPSA) is 107 Å². The summed E-state index contributed by atoms with van der Waals surface area (Å²) in [7, 11) is 0. The SMILES string of the molecule is CCC(=O)OCC(=O)[C@@]1(OC(=O)CC)[C@@H](C)C[C@H]2[C@@H]3CCC4=CC(=O)C=C[C@]4(C)[C@@]3(Cl)[C@@H](O)C[C@@]21C.FCCl. The highest BCUT2D eigenvalue weighted by molar-refractivity contribution is 6.26. The van der Waals surface area contributed by atoms with E-state index in [-0.39, 0.29) is 42.8 Å². The van der Waals surface area contributed by atoms with Crippen molar-refractivity contribution < 1.29 is 38.1 Å². The molecule has 0 aromatic heterocycles. The van der Waals surface area contributed by atoms with Gasteiger partial charge in [-0.15, -0.1) is 11.6 Å². The number of ketones is 2. The molecule has 0 aromatic rings. The average molecular weight is 590 g/mol. The van der Waals surface area contributed by atoms with Gasteiger partial charge in [-0.05, 0) is 49.7 Å². The lowest BCUT2D eigenvalue weighted by atomic mass is 9.45. The van der Waals surface area contributed by atoms with Crippen LogP contribution in [0.2, 0.25) is 0 Å². The monoisotopic (exact) mass is 588 g/mol. The predicted molar refractivity (Wildman–Crippen MR) is 145 cm³/mol. The second-order valence-electron chi connectivity index (χ2n) is 11.5. The summed E-state index contributed by atoms with van der Waals surface area (Å²) in [4.78, 5) is 49.5. The standard InChI is InChI=1S/C28H37ClO7.CH2ClF/c1-6-23(33)35-15-22(32)28(36-24(34)7-2)16(3)12-20-19-9-8-17-13-18(30)10-11-25(17,4)27(19,29)21(31)14-26(20,28)5;2-1-3/h10-11,13,16,19-21,31H,6-9,12,14-15H2,1-5H3;1H2/t16-,19-,20-,21-,25-,26-,27-,28-;/m0./s1. The smallest absolute Gasteiger partial charge is 0.306 e. The molecule has 0 heterocycles. The third kappa shape index (κ3) is 4.78. The van der Waals surface area contributed by atoms with Gasteiger partial charge in [0.05, 0.1) is 11.0 Å². The molecule has 0 spiro atoms. The van der Waals surface area contributed by atoms with Crippen molar-refractivity contribution >= 4 is 46.7 Å². The van der Waals surface area contributed by atoms with E-state index in [1.165, 1.54) is 6.08 Å². The zero-order chi connectivity index (χ0) is 29.4. The molecule has 7 nitrogen and oxygen atoms in total. The first-order valence-corrected chi connectivity index (χ1v) is 14.5. The van der Waals surface area contributed by atoms with Gasteiger partial charge in [-0.25, -0.2) is 4.39 Å². The summed E-state index contributed by atoms with van der Waals surface area (Å²) in [5.41, 5.74) is -2.27. The number of aliphatic hydroxyl groups is 1. The number of hydrogen-bond acceptors (Lipinski definition) is 7. The fourth-order valence-electron chi connectivity index (χ4n) is 8.01. The first-order chi connectivity index (χ1) is 18.2. The van der Waals surface area contributed by atoms with Crippen molar-refractivity contribution in [3.63, 3.8) is 0 Å². The van der Waals surface area contributed by atoms with Gasteiger partial charge in [0.25, 0.3) is 0 Å². The van der Waals surface area contributed by atoms with Crippen LogP contribution < -0.4 is 0 Å². The van der Waals surface area contributed by atoms with Crippen LogP contribution in [0.5, 0.6) is 0 Å². The maximum atomic E-state index is 13.9. The molecule has 0 saturated heterocycles. The van der Waals surface area contributed by atoms with Crippen LogP contribution in [0.25, 0.3) is 0 Å². The molecule has 1 N–H and O–H groups in total. The van der Waals surface area contributed by atoms with Gasteiger partial charge in [0.2, 0.25) is 5.78 Å². The maximum absolute atomic E-state index is 13.9. The summed E-state index contributed by atoms with van der Waals surface area (Å²) in [6.45, 7) is 8.61. The fourth-order valence-corrected chi connectivity index (χ4v) is 8.53. The summed E-state index contributed by atoms with van der Waals surface area (Å²) in [6.07, 6.45) is 5.40. The summed E-state index contributed by atoms with van der Waals surface area (Å²) in [5, 5.41) is 11.8. The van der Waals surface area contributed by atoms with E-state index >= 15 is 0 Å². The number of halogens is 3. The maximum Gasteiger partial charge on any atom is 0.306 e. The van der Waals surface area contributed by atoms with Gasteiger partial charge in [-0.2, -0.15) is 0 Å². The van der Waals surface area contributed by atoms with Crippen molar-refractivity contribution in [3.05, 3.63) is 23.8 Å². The molecule has 0 unspecified atom stereocenters. The molecule has 0 bridgehead atoms. The van der Waals surface area contributed by atoms with Crippen molar-refractivity contribution in [1.82, 2.24) is 0 Å². The summed E-state index contributed by atoms with van der Waals surface area (Å²) in [6, 6.07) is 0. The molecule has 0 radical (unpaired) electrons. The molecule has 39 heavy (non-hydrogen) atoms. The molecule has 0 amide bonds. The lowest BCUT2D eigenvalue weighted by Gasteiger charge is -2.64. The highest BCUT2D eigenvalue weighted by Crippen LogP contribution is 2.72. The van der Waals surface area contributed by atoms with Gasteiger partial charge in [-0.3, -0.25) is 19.2 Å². The van der Waals surface area contributed by atoms with Crippen molar-refractivity contribution in [2.24, 2.45) is 28.6 Å². The van der Waals surface area contributed by atoms with Crippen LogP contribution in [-0.2, 0) is 28.7 Å². The van der Waals surface area contributed by atoms with E-state index in [0.717, 1.165) is 5.57 Å². The minimum atomic E-state index is -1.55. The van der Waals surface area contributed by atoms with Gasteiger partial charge in [-0.1, -0.05) is 57.9 Å². The lowest BCUT2D eigenvalue weighted by molar-refractivity contribution is -0.203. The Morgan fingerprint density at radius 3 is 2.36 bits per heavy atom. The zero-order valence-electron chi connectivity index (χ0n) is 23.2. The normalized spacial score (nSPS) is 40.2. The second kappa shape index (κ2) is 11.6. The number of carbonyl (C=O) groups excluding carboxylic acids is 4. The van der Waals surface area contributed by atoms with Gasteiger partial charge in [0, 0.05) is 29.6 Å². The van der Waals surface area contributed by atoms with Crippen molar-refractivity contribution in [2.75, 3.05) is 12.7 Å². The van der Waals surface area contributed by atoms with Gasteiger partial charge in [0.1, 0.15) is 0 Å². The summed E-state index contributed by atoms with van der Waals surface area (Å²) < 4.78 is 21.3. The Kier molecular flexibility index (Phi) is 9.45. The number of carbonyl (C=O) groups is 4. The zero-order valence-corrected chi connectivity index (χ0v) is 24.7. The molecular weight excluding hydrogens is 550 g/mol. The molecule has 4 aliphatic carbocycles. The Bertz CT molecular complexity index is 1080. The van der Waals surface area contributed by atoms with Crippen LogP contribution in [-0.4, -0.2) is 57.9 Å². The molecule has 4 rings (SSSR count). The quantitative estimate of drug-likeness (QED) is 0.334. The van der Waals surface area contributed by atoms with E-state index < -0.39 is 57.9 Å². The highest BCUT2D eigenvalue weighted by atomic mass is 35.5. The van der Waals surface area contributed by atoms with Gasteiger partial charge >= 0.3 is 11.9 Å². The number of rotatable bonds is 6. The van der Waals surface area contributed by atoms with Crippen molar-refractivity contribution in [3.8, 4) is 0 Å². The van der Waals surface area contributed by atoms with Crippen molar-refractivity contribution in [2.45, 2.75) is 89.7 Å². The van der Waals surface area contributed by atoms with E-state index in [1.54, 1.807) is 19.9 Å². The number of allylic oxidation sites excluding steroid dienone is 4. The van der Waals surface area contributed by atoms with Crippen LogP contribution in [0.3, 0.4) is 0 Å². The first-order valence-electron chi connectivity index (χ1n) is 13.6. The molecular formula is C29H39Cl2FO7. The Hall–Kier alpha value is -1.77. The Balaban J connectivity index is 0.00000134. The van der Waals surface area contributed by atoms with Crippen molar-refractivity contribution in [1.29, 1.82) is 0 Å². The number of ether oxygens (including phenoxy) is 2. The van der Waals surface area contributed by atoms with E-state index in [4.69, 9.17) is 21.1 Å². The number of Topliss-reactive ketones (excluding diaryl/α,β-unsaturated/α-hetero) is 1. The number of fused-ring (bicyclic) bond motifs is 5. The molecule has 3 fully saturated rings. The third-order valence-corrected chi connectivity index (χ3v) is 10.7. The van der Waals surface area contributed by atoms with E-state index in [2.05, 4.69) is 11.6 Å². The third-order valence-electron chi connectivity index (χ3n) is 9.81. The Morgan fingerprint density at radius 2 is 1.77 bits per heavy atom. The van der Waals surface area contributed by atoms with E-state index in [1.807, 2.05) is 26.8 Å². The number of hydrogen-bond donors (Lipinski definition) is 1. The molecule has 0 aromatic carbocycles. The minimum absolute atomic E-state index is 0.0801. The lowest BCUT2D eigenvalue weighted by Crippen LogP contribution is -2.69. The van der Waals surface area contributed by atoms with Gasteiger partial charge < -0.3 is 14.6 Å². The Labute approximate surface area is 239 Å². The number of esters is 2. The fraction of sp³-hybridized carbons (Fsp3) is 0.724. The van der Waals surface area contributed by atoms with Crippen LogP contribution in [0.4, 0.5) is 4.39 Å². The average Bonchev–Trinajstić information content (AvgIpc) is 3.10. The predicted octanol–water partition coefficient (Wildman–Crippen LogP) is 5.24. The molecule has 8 atom stereocenters.